The SMILES string of the molecule is CN=C(NCC(c1ccc(OC)c(OC)c1)N1CCOCC1)NCC1(C)CCCS1.I. The summed E-state index contributed by atoms with van der Waals surface area (Å²) >= 11 is 2.06. The summed E-state index contributed by atoms with van der Waals surface area (Å²) in [5, 5.41) is 7.08. The lowest BCUT2D eigenvalue weighted by atomic mass is 10.0. The Balaban J connectivity index is 0.00000341. The monoisotopic (exact) mass is 564 g/mol. The van der Waals surface area contributed by atoms with Crippen LogP contribution in [0.1, 0.15) is 31.4 Å². The van der Waals surface area contributed by atoms with Crippen molar-refractivity contribution < 1.29 is 14.2 Å². The number of aliphatic imine (C=N–C) groups is 1. The molecule has 2 fully saturated rings. The molecule has 176 valence electrons. The molecular weight excluding hydrogens is 527 g/mol. The standard InChI is InChI=1S/C22H36N4O3S.HI/c1-22(8-5-13-30-22)16-25-21(23-2)24-15-18(26-9-11-29-12-10-26)17-6-7-19(27-3)20(14-17)28-4;/h6-7,14,18H,5,8-13,15-16H2,1-4H3,(H2,23,24,25);1H. The van der Waals surface area contributed by atoms with E-state index in [-0.39, 0.29) is 30.0 Å². The molecule has 2 aliphatic rings. The highest BCUT2D eigenvalue weighted by molar-refractivity contribution is 14.0. The van der Waals surface area contributed by atoms with E-state index in [1.165, 1.54) is 24.2 Å². The predicted octanol–water partition coefficient (Wildman–Crippen LogP) is 3.15. The van der Waals surface area contributed by atoms with E-state index in [4.69, 9.17) is 14.2 Å². The second-order valence-corrected chi connectivity index (χ2v) is 9.67. The number of guanidine groups is 1. The average Bonchev–Trinajstić information content (AvgIpc) is 3.23. The first-order chi connectivity index (χ1) is 14.6. The van der Waals surface area contributed by atoms with E-state index in [0.717, 1.165) is 56.9 Å². The van der Waals surface area contributed by atoms with E-state index in [1.54, 1.807) is 14.2 Å². The summed E-state index contributed by atoms with van der Waals surface area (Å²) in [5.41, 5.74) is 1.19. The molecule has 0 saturated carbocycles. The van der Waals surface area contributed by atoms with Crippen LogP contribution in [0, 0.1) is 0 Å². The number of rotatable bonds is 8. The molecule has 2 aliphatic heterocycles. The summed E-state index contributed by atoms with van der Waals surface area (Å²) in [4.78, 5) is 6.91. The Morgan fingerprint density at radius 2 is 1.97 bits per heavy atom. The average molecular weight is 565 g/mol. The Labute approximate surface area is 208 Å². The third kappa shape index (κ3) is 7.30. The molecule has 0 bridgehead atoms. The van der Waals surface area contributed by atoms with Gasteiger partial charge in [-0.25, -0.2) is 0 Å². The molecule has 0 spiro atoms. The van der Waals surface area contributed by atoms with Gasteiger partial charge in [-0.05, 0) is 43.2 Å². The van der Waals surface area contributed by atoms with Crippen molar-refractivity contribution in [2.45, 2.75) is 30.6 Å². The van der Waals surface area contributed by atoms with E-state index in [2.05, 4.69) is 51.3 Å². The number of hydrogen-bond donors (Lipinski definition) is 2. The summed E-state index contributed by atoms with van der Waals surface area (Å²) in [5.74, 6) is 3.60. The summed E-state index contributed by atoms with van der Waals surface area (Å²) in [6, 6.07) is 6.36. The molecule has 1 aromatic carbocycles. The predicted molar refractivity (Wildman–Crippen MR) is 140 cm³/mol. The number of nitrogens with zero attached hydrogens (tertiary/aromatic N) is 2. The van der Waals surface area contributed by atoms with Gasteiger partial charge in [-0.15, -0.1) is 24.0 Å². The van der Waals surface area contributed by atoms with E-state index in [1.807, 2.05) is 13.1 Å². The minimum Gasteiger partial charge on any atom is -0.493 e. The lowest BCUT2D eigenvalue weighted by Gasteiger charge is -2.35. The molecule has 0 aliphatic carbocycles. The van der Waals surface area contributed by atoms with Crippen LogP contribution in [0.4, 0.5) is 0 Å². The summed E-state index contributed by atoms with van der Waals surface area (Å²) in [7, 11) is 5.17. The van der Waals surface area contributed by atoms with E-state index < -0.39 is 0 Å². The molecule has 2 N–H and O–H groups in total. The van der Waals surface area contributed by atoms with Crippen molar-refractivity contribution in [3.05, 3.63) is 23.8 Å². The van der Waals surface area contributed by atoms with Crippen LogP contribution in [0.25, 0.3) is 0 Å². The van der Waals surface area contributed by atoms with Gasteiger partial charge in [0.05, 0.1) is 33.5 Å². The second-order valence-electron chi connectivity index (χ2n) is 7.99. The zero-order valence-electron chi connectivity index (χ0n) is 19.1. The minimum atomic E-state index is 0. The smallest absolute Gasteiger partial charge is 0.191 e. The van der Waals surface area contributed by atoms with Gasteiger partial charge in [0.25, 0.3) is 0 Å². The molecule has 7 nitrogen and oxygen atoms in total. The topological polar surface area (TPSA) is 67.4 Å². The molecule has 1 aromatic rings. The maximum absolute atomic E-state index is 5.58. The fourth-order valence-corrected chi connectivity index (χ4v) is 5.31. The van der Waals surface area contributed by atoms with E-state index in [0.29, 0.717) is 4.75 Å². The number of nitrogens with one attached hydrogen (secondary N) is 2. The van der Waals surface area contributed by atoms with Crippen LogP contribution in [0.5, 0.6) is 11.5 Å². The van der Waals surface area contributed by atoms with Crippen LogP contribution < -0.4 is 20.1 Å². The molecule has 2 unspecified atom stereocenters. The fraction of sp³-hybridized carbons (Fsp3) is 0.682. The Bertz CT molecular complexity index is 710. The Morgan fingerprint density at radius 3 is 2.58 bits per heavy atom. The van der Waals surface area contributed by atoms with Crippen molar-refractivity contribution in [1.82, 2.24) is 15.5 Å². The molecular formula is C22H37IN4O3S. The van der Waals surface area contributed by atoms with Crippen molar-refractivity contribution in [2.75, 3.05) is 66.4 Å². The summed E-state index contributed by atoms with van der Waals surface area (Å²) in [6.07, 6.45) is 2.55. The highest BCUT2D eigenvalue weighted by Gasteiger charge is 2.30. The lowest BCUT2D eigenvalue weighted by molar-refractivity contribution is 0.0169. The molecule has 2 heterocycles. The second kappa shape index (κ2) is 13.0. The lowest BCUT2D eigenvalue weighted by Crippen LogP contribution is -2.48. The Morgan fingerprint density at radius 1 is 1.23 bits per heavy atom. The molecule has 0 radical (unpaired) electrons. The largest absolute Gasteiger partial charge is 0.493 e. The van der Waals surface area contributed by atoms with Crippen LogP contribution in [0.15, 0.2) is 23.2 Å². The summed E-state index contributed by atoms with van der Waals surface area (Å²) < 4.78 is 16.8. The normalized spacial score (nSPS) is 23.0. The molecule has 3 rings (SSSR count). The number of halogens is 1. The van der Waals surface area contributed by atoms with Crippen molar-refractivity contribution >= 4 is 41.7 Å². The van der Waals surface area contributed by atoms with Gasteiger partial charge in [-0.2, -0.15) is 11.8 Å². The molecule has 0 aromatic heterocycles. The van der Waals surface area contributed by atoms with Gasteiger partial charge < -0.3 is 24.8 Å². The number of methoxy groups -OCH3 is 2. The maximum Gasteiger partial charge on any atom is 0.191 e. The Hall–Kier alpha value is -0.910. The van der Waals surface area contributed by atoms with Gasteiger partial charge in [-0.1, -0.05) is 6.07 Å². The molecule has 2 atom stereocenters. The number of thioether (sulfide) groups is 1. The van der Waals surface area contributed by atoms with Crippen molar-refractivity contribution in [2.24, 2.45) is 4.99 Å². The zero-order chi connectivity index (χ0) is 21.4. The fourth-order valence-electron chi connectivity index (χ4n) is 4.07. The van der Waals surface area contributed by atoms with Gasteiger partial charge in [0.1, 0.15) is 0 Å². The quantitative estimate of drug-likeness (QED) is 0.286. The number of morpholine rings is 1. The van der Waals surface area contributed by atoms with Crippen molar-refractivity contribution in [3.63, 3.8) is 0 Å². The third-order valence-electron chi connectivity index (χ3n) is 5.90. The number of ether oxygens (including phenoxy) is 3. The van der Waals surface area contributed by atoms with Gasteiger partial charge in [0, 0.05) is 38.0 Å². The van der Waals surface area contributed by atoms with E-state index >= 15 is 0 Å². The van der Waals surface area contributed by atoms with Crippen molar-refractivity contribution in [1.29, 1.82) is 0 Å². The van der Waals surface area contributed by atoms with Crippen LogP contribution in [0.2, 0.25) is 0 Å². The maximum atomic E-state index is 5.58. The summed E-state index contributed by atoms with van der Waals surface area (Å²) in [6.45, 7) is 7.33. The zero-order valence-corrected chi connectivity index (χ0v) is 22.3. The van der Waals surface area contributed by atoms with Gasteiger partial charge in [0.2, 0.25) is 0 Å². The highest BCUT2D eigenvalue weighted by atomic mass is 127. The van der Waals surface area contributed by atoms with Crippen LogP contribution in [-0.2, 0) is 4.74 Å². The van der Waals surface area contributed by atoms with Crippen LogP contribution >= 0.6 is 35.7 Å². The van der Waals surface area contributed by atoms with Gasteiger partial charge in [-0.3, -0.25) is 9.89 Å². The van der Waals surface area contributed by atoms with E-state index in [9.17, 15) is 0 Å². The minimum absolute atomic E-state index is 0. The third-order valence-corrected chi connectivity index (χ3v) is 7.43. The first-order valence-electron chi connectivity index (χ1n) is 10.7. The molecule has 9 heteroatoms. The molecule has 2 saturated heterocycles. The van der Waals surface area contributed by atoms with Crippen LogP contribution in [0.3, 0.4) is 0 Å². The van der Waals surface area contributed by atoms with Crippen LogP contribution in [-0.4, -0.2) is 82.0 Å². The Kier molecular flexibility index (Phi) is 11.0. The first kappa shape index (κ1) is 26.3. The van der Waals surface area contributed by atoms with Gasteiger partial charge >= 0.3 is 0 Å². The van der Waals surface area contributed by atoms with Gasteiger partial charge in [0.15, 0.2) is 17.5 Å². The first-order valence-corrected chi connectivity index (χ1v) is 11.7. The molecule has 0 amide bonds. The molecule has 31 heavy (non-hydrogen) atoms. The number of benzene rings is 1. The highest BCUT2D eigenvalue weighted by Crippen LogP contribution is 2.37. The van der Waals surface area contributed by atoms with Crippen molar-refractivity contribution in [3.8, 4) is 11.5 Å². The number of hydrogen-bond acceptors (Lipinski definition) is 6.